The smallest absolute Gasteiger partial charge is 0.241 e. The standard InChI is InChI=1S/C19H30N4O2.HI/c1-6-12-25-17-11-9-8-10-16(17)13-20-19(22-15(3)7-2)21-14-18(24)23(4)5;/h6,8-11,15H,1,7,12-14H2,2-5H3,(H2,20,21,22);1H. The predicted octanol–water partition coefficient (Wildman–Crippen LogP) is 2.79. The second-order valence-corrected chi connectivity index (χ2v) is 5.97. The molecule has 7 heteroatoms. The van der Waals surface area contributed by atoms with E-state index in [9.17, 15) is 4.79 Å². The molecule has 2 N–H and O–H groups in total. The van der Waals surface area contributed by atoms with Gasteiger partial charge in [0.05, 0.1) is 13.1 Å². The van der Waals surface area contributed by atoms with E-state index in [1.165, 1.54) is 0 Å². The van der Waals surface area contributed by atoms with E-state index in [0.29, 0.717) is 19.1 Å². The highest BCUT2D eigenvalue weighted by Gasteiger charge is 2.09. The van der Waals surface area contributed by atoms with Crippen molar-refractivity contribution >= 4 is 35.8 Å². The second kappa shape index (κ2) is 13.4. The second-order valence-electron chi connectivity index (χ2n) is 5.97. The number of benzene rings is 1. The lowest BCUT2D eigenvalue weighted by Gasteiger charge is -2.18. The number of nitrogens with one attached hydrogen (secondary N) is 2. The summed E-state index contributed by atoms with van der Waals surface area (Å²) in [6.07, 6.45) is 2.67. The van der Waals surface area contributed by atoms with Gasteiger partial charge in [0.1, 0.15) is 12.4 Å². The summed E-state index contributed by atoms with van der Waals surface area (Å²) in [5.41, 5.74) is 0.980. The van der Waals surface area contributed by atoms with E-state index in [-0.39, 0.29) is 42.5 Å². The van der Waals surface area contributed by atoms with Gasteiger partial charge in [-0.05, 0) is 19.4 Å². The molecular formula is C19H31IN4O2. The lowest BCUT2D eigenvalue weighted by Crippen LogP contribution is -2.45. The Bertz CT molecular complexity index is 591. The van der Waals surface area contributed by atoms with Crippen LogP contribution in [0.5, 0.6) is 5.75 Å². The van der Waals surface area contributed by atoms with E-state index in [1.54, 1.807) is 25.1 Å². The Labute approximate surface area is 174 Å². The Kier molecular flexibility index (Phi) is 12.5. The fourth-order valence-corrected chi connectivity index (χ4v) is 1.89. The topological polar surface area (TPSA) is 66.0 Å². The van der Waals surface area contributed by atoms with Crippen LogP contribution in [0.15, 0.2) is 41.9 Å². The first-order chi connectivity index (χ1) is 12.0. The number of aliphatic imine (C=N–C) groups is 1. The summed E-state index contributed by atoms with van der Waals surface area (Å²) in [6.45, 7) is 8.94. The first-order valence-corrected chi connectivity index (χ1v) is 8.54. The Balaban J connectivity index is 0.00000625. The molecule has 26 heavy (non-hydrogen) atoms. The molecule has 1 amide bonds. The first-order valence-electron chi connectivity index (χ1n) is 8.54. The SMILES string of the molecule is C=CCOc1ccccc1CN=C(NCC(=O)N(C)C)NC(C)CC.I. The lowest BCUT2D eigenvalue weighted by atomic mass is 10.2. The number of likely N-dealkylation sites (N-methyl/N-ethyl adjacent to an activating group) is 1. The van der Waals surface area contributed by atoms with Crippen LogP contribution in [0.1, 0.15) is 25.8 Å². The molecule has 0 spiro atoms. The Morgan fingerprint density at radius 1 is 1.38 bits per heavy atom. The highest BCUT2D eigenvalue weighted by Crippen LogP contribution is 2.18. The third-order valence-electron chi connectivity index (χ3n) is 3.64. The van der Waals surface area contributed by atoms with Crippen LogP contribution in [0.4, 0.5) is 0 Å². The zero-order valence-electron chi connectivity index (χ0n) is 16.1. The van der Waals surface area contributed by atoms with Crippen molar-refractivity contribution in [3.05, 3.63) is 42.5 Å². The van der Waals surface area contributed by atoms with Gasteiger partial charge in [0.25, 0.3) is 0 Å². The van der Waals surface area contributed by atoms with Crippen molar-refractivity contribution in [1.29, 1.82) is 0 Å². The maximum absolute atomic E-state index is 11.8. The number of guanidine groups is 1. The average molecular weight is 474 g/mol. The average Bonchev–Trinajstić information content (AvgIpc) is 2.62. The third-order valence-corrected chi connectivity index (χ3v) is 3.64. The van der Waals surface area contributed by atoms with Crippen molar-refractivity contribution in [2.75, 3.05) is 27.2 Å². The highest BCUT2D eigenvalue weighted by molar-refractivity contribution is 14.0. The molecule has 0 heterocycles. The van der Waals surface area contributed by atoms with Gasteiger partial charge >= 0.3 is 0 Å². The van der Waals surface area contributed by atoms with Crippen molar-refractivity contribution in [1.82, 2.24) is 15.5 Å². The fraction of sp³-hybridized carbons (Fsp3) is 0.474. The molecule has 0 aliphatic carbocycles. The number of ether oxygens (including phenoxy) is 1. The van der Waals surface area contributed by atoms with Crippen LogP contribution in [-0.2, 0) is 11.3 Å². The molecule has 0 aliphatic rings. The molecule has 146 valence electrons. The van der Waals surface area contributed by atoms with Gasteiger partial charge in [-0.1, -0.05) is 37.8 Å². The zero-order chi connectivity index (χ0) is 18.7. The summed E-state index contributed by atoms with van der Waals surface area (Å²) in [6, 6.07) is 8.04. The summed E-state index contributed by atoms with van der Waals surface area (Å²) < 4.78 is 5.66. The fourth-order valence-electron chi connectivity index (χ4n) is 1.89. The lowest BCUT2D eigenvalue weighted by molar-refractivity contribution is -0.127. The Morgan fingerprint density at radius 3 is 2.69 bits per heavy atom. The van der Waals surface area contributed by atoms with Crippen molar-refractivity contribution in [3.63, 3.8) is 0 Å². The predicted molar refractivity (Wildman–Crippen MR) is 118 cm³/mol. The maximum Gasteiger partial charge on any atom is 0.241 e. The summed E-state index contributed by atoms with van der Waals surface area (Å²) in [5.74, 6) is 1.40. The summed E-state index contributed by atoms with van der Waals surface area (Å²) in [7, 11) is 3.46. The number of rotatable bonds is 9. The molecule has 0 fully saturated rings. The van der Waals surface area contributed by atoms with Crippen molar-refractivity contribution < 1.29 is 9.53 Å². The number of carbonyl (C=O) groups excluding carboxylic acids is 1. The van der Waals surface area contributed by atoms with Crippen LogP contribution in [0.25, 0.3) is 0 Å². The van der Waals surface area contributed by atoms with E-state index in [1.807, 2.05) is 24.3 Å². The molecule has 6 nitrogen and oxygen atoms in total. The molecule has 1 atom stereocenters. The van der Waals surface area contributed by atoms with Crippen LogP contribution >= 0.6 is 24.0 Å². The number of halogens is 1. The molecule has 0 saturated carbocycles. The minimum atomic E-state index is -0.00614. The van der Waals surface area contributed by atoms with E-state index in [4.69, 9.17) is 4.74 Å². The monoisotopic (exact) mass is 474 g/mol. The molecule has 0 aromatic heterocycles. The molecular weight excluding hydrogens is 443 g/mol. The van der Waals surface area contributed by atoms with Crippen LogP contribution in [-0.4, -0.2) is 50.1 Å². The third kappa shape index (κ3) is 9.07. The highest BCUT2D eigenvalue weighted by atomic mass is 127. The minimum Gasteiger partial charge on any atom is -0.489 e. The summed E-state index contributed by atoms with van der Waals surface area (Å²) in [4.78, 5) is 17.9. The number of para-hydroxylation sites is 1. The molecule has 0 saturated heterocycles. The molecule has 1 unspecified atom stereocenters. The van der Waals surface area contributed by atoms with E-state index in [0.717, 1.165) is 17.7 Å². The number of hydrogen-bond acceptors (Lipinski definition) is 3. The minimum absolute atomic E-state index is 0. The van der Waals surface area contributed by atoms with Crippen molar-refractivity contribution in [3.8, 4) is 5.75 Å². The quantitative estimate of drug-likeness (QED) is 0.250. The zero-order valence-corrected chi connectivity index (χ0v) is 18.4. The summed E-state index contributed by atoms with van der Waals surface area (Å²) in [5, 5.41) is 6.39. The van der Waals surface area contributed by atoms with Gasteiger partial charge in [0, 0.05) is 25.7 Å². The molecule has 0 aliphatic heterocycles. The van der Waals surface area contributed by atoms with Crippen LogP contribution < -0.4 is 15.4 Å². The maximum atomic E-state index is 11.8. The van der Waals surface area contributed by atoms with E-state index >= 15 is 0 Å². The summed E-state index contributed by atoms with van der Waals surface area (Å²) >= 11 is 0. The molecule has 1 rings (SSSR count). The molecule has 0 bridgehead atoms. The molecule has 0 radical (unpaired) electrons. The van der Waals surface area contributed by atoms with Crippen molar-refractivity contribution in [2.45, 2.75) is 32.9 Å². The number of nitrogens with zero attached hydrogens (tertiary/aromatic N) is 2. The van der Waals surface area contributed by atoms with Crippen LogP contribution in [0, 0.1) is 0 Å². The largest absolute Gasteiger partial charge is 0.489 e. The van der Waals surface area contributed by atoms with Gasteiger partial charge in [-0.3, -0.25) is 4.79 Å². The van der Waals surface area contributed by atoms with Gasteiger partial charge in [0.15, 0.2) is 5.96 Å². The van der Waals surface area contributed by atoms with Gasteiger partial charge in [0.2, 0.25) is 5.91 Å². The van der Waals surface area contributed by atoms with Gasteiger partial charge < -0.3 is 20.3 Å². The molecule has 1 aromatic carbocycles. The van der Waals surface area contributed by atoms with Crippen LogP contribution in [0.2, 0.25) is 0 Å². The van der Waals surface area contributed by atoms with Crippen LogP contribution in [0.3, 0.4) is 0 Å². The Hall–Kier alpha value is -1.77. The number of carbonyl (C=O) groups is 1. The number of hydrogen-bond donors (Lipinski definition) is 2. The first kappa shape index (κ1) is 24.2. The van der Waals surface area contributed by atoms with E-state index < -0.39 is 0 Å². The van der Waals surface area contributed by atoms with Crippen molar-refractivity contribution in [2.24, 2.45) is 4.99 Å². The Morgan fingerprint density at radius 2 is 2.08 bits per heavy atom. The van der Waals surface area contributed by atoms with Gasteiger partial charge in [-0.15, -0.1) is 24.0 Å². The normalized spacial score (nSPS) is 11.8. The van der Waals surface area contributed by atoms with Gasteiger partial charge in [-0.25, -0.2) is 4.99 Å². The van der Waals surface area contributed by atoms with E-state index in [2.05, 4.69) is 36.1 Å². The number of amides is 1. The molecule has 1 aromatic rings. The van der Waals surface area contributed by atoms with Gasteiger partial charge in [-0.2, -0.15) is 0 Å².